The Kier molecular flexibility index (Phi) is 5.83. The Bertz CT molecular complexity index is 1030. The van der Waals surface area contributed by atoms with E-state index < -0.39 is 30.7 Å². The lowest BCUT2D eigenvalue weighted by atomic mass is 9.99. The van der Waals surface area contributed by atoms with Crippen LogP contribution in [0.2, 0.25) is 5.02 Å². The minimum atomic E-state index is -2.63. The summed E-state index contributed by atoms with van der Waals surface area (Å²) in [4.78, 5) is 28.6. The fourth-order valence-electron chi connectivity index (χ4n) is 4.04. The van der Waals surface area contributed by atoms with E-state index in [1.54, 1.807) is 4.68 Å². The Balaban J connectivity index is 1.59. The van der Waals surface area contributed by atoms with Crippen molar-refractivity contribution < 1.29 is 22.8 Å². The number of alkyl halides is 2. The second-order valence-corrected chi connectivity index (χ2v) is 8.14. The number of rotatable bonds is 3. The van der Waals surface area contributed by atoms with Crippen molar-refractivity contribution in [3.05, 3.63) is 46.0 Å². The molecule has 0 aliphatic carbocycles. The molecule has 4 rings (SSSR count). The number of nitrogens with one attached hydrogen (secondary N) is 1. The molecule has 0 saturated heterocycles. The Hall–Kier alpha value is -2.75. The molecule has 7 nitrogen and oxygen atoms in total. The van der Waals surface area contributed by atoms with Gasteiger partial charge in [-0.05, 0) is 31.5 Å². The molecular formula is C20H21ClF3N5O2. The lowest BCUT2D eigenvalue weighted by molar-refractivity contribution is 0.0557. The van der Waals surface area contributed by atoms with E-state index in [0.29, 0.717) is 36.3 Å². The third-order valence-corrected chi connectivity index (χ3v) is 5.85. The van der Waals surface area contributed by atoms with Crippen LogP contribution in [0.1, 0.15) is 35.1 Å². The van der Waals surface area contributed by atoms with Crippen LogP contribution in [0.3, 0.4) is 0 Å². The van der Waals surface area contributed by atoms with Crippen LogP contribution < -0.4 is 5.32 Å². The first-order valence-electron chi connectivity index (χ1n) is 9.93. The van der Waals surface area contributed by atoms with Crippen molar-refractivity contribution in [3.63, 3.8) is 0 Å². The van der Waals surface area contributed by atoms with Gasteiger partial charge < -0.3 is 15.1 Å². The number of urea groups is 1. The zero-order chi connectivity index (χ0) is 22.3. The zero-order valence-electron chi connectivity index (χ0n) is 16.7. The smallest absolute Gasteiger partial charge is 0.322 e. The van der Waals surface area contributed by atoms with E-state index in [4.69, 9.17) is 11.6 Å². The minimum Gasteiger partial charge on any atom is -0.332 e. The van der Waals surface area contributed by atoms with Crippen molar-refractivity contribution in [2.75, 3.05) is 18.4 Å². The number of carbonyl (C=O) groups is 2. The van der Waals surface area contributed by atoms with Crippen molar-refractivity contribution in [2.45, 2.75) is 45.3 Å². The van der Waals surface area contributed by atoms with Gasteiger partial charge in [0, 0.05) is 36.8 Å². The number of halogens is 4. The van der Waals surface area contributed by atoms with E-state index in [-0.39, 0.29) is 29.8 Å². The van der Waals surface area contributed by atoms with Crippen molar-refractivity contribution in [1.82, 2.24) is 19.6 Å². The molecule has 3 amide bonds. The molecule has 11 heteroatoms. The lowest BCUT2D eigenvalue weighted by Gasteiger charge is -2.33. The van der Waals surface area contributed by atoms with Crippen molar-refractivity contribution in [1.29, 1.82) is 0 Å². The Morgan fingerprint density at radius 1 is 1.35 bits per heavy atom. The number of benzene rings is 1. The highest BCUT2D eigenvalue weighted by molar-refractivity contribution is 6.31. The summed E-state index contributed by atoms with van der Waals surface area (Å²) in [5.74, 6) is -1.09. The number of aryl methyl sites for hydroxylation is 1. The summed E-state index contributed by atoms with van der Waals surface area (Å²) in [5, 5.41) is 7.10. The normalized spacial score (nSPS) is 18.6. The Morgan fingerprint density at radius 3 is 2.84 bits per heavy atom. The average molecular weight is 456 g/mol. The van der Waals surface area contributed by atoms with E-state index in [9.17, 15) is 22.8 Å². The van der Waals surface area contributed by atoms with Gasteiger partial charge in [-0.3, -0.25) is 9.48 Å². The summed E-state index contributed by atoms with van der Waals surface area (Å²) >= 11 is 5.78. The SMILES string of the molecule is C[C@@H]1Cc2nn3c(c2CN1C(=O)Nc1ccc(F)c(Cl)c1)C(=O)N(CC(F)F)CCC3. The summed E-state index contributed by atoms with van der Waals surface area (Å²) in [6.07, 6.45) is -1.68. The molecule has 0 bridgehead atoms. The molecule has 0 fully saturated rings. The van der Waals surface area contributed by atoms with Gasteiger partial charge in [-0.25, -0.2) is 18.0 Å². The van der Waals surface area contributed by atoms with E-state index in [2.05, 4.69) is 10.4 Å². The van der Waals surface area contributed by atoms with Crippen LogP contribution in [0, 0.1) is 5.82 Å². The maximum absolute atomic E-state index is 13.4. The highest BCUT2D eigenvalue weighted by Crippen LogP contribution is 2.29. The molecule has 2 aliphatic heterocycles. The first-order chi connectivity index (χ1) is 14.7. The number of hydrogen-bond donors (Lipinski definition) is 1. The van der Waals surface area contributed by atoms with Crippen LogP contribution in [0.25, 0.3) is 0 Å². The zero-order valence-corrected chi connectivity index (χ0v) is 17.5. The fraction of sp³-hybridized carbons (Fsp3) is 0.450. The maximum atomic E-state index is 13.4. The second kappa shape index (κ2) is 8.41. The molecule has 2 aromatic rings. The number of carbonyl (C=O) groups excluding carboxylic acids is 2. The number of nitrogens with zero attached hydrogens (tertiary/aromatic N) is 4. The monoisotopic (exact) mass is 455 g/mol. The molecule has 1 atom stereocenters. The van der Waals surface area contributed by atoms with Crippen molar-refractivity contribution >= 4 is 29.2 Å². The Morgan fingerprint density at radius 2 is 2.13 bits per heavy atom. The molecule has 31 heavy (non-hydrogen) atoms. The second-order valence-electron chi connectivity index (χ2n) is 7.73. The highest BCUT2D eigenvalue weighted by atomic mass is 35.5. The van der Waals surface area contributed by atoms with Gasteiger partial charge in [-0.1, -0.05) is 11.6 Å². The molecule has 2 aliphatic rings. The summed E-state index contributed by atoms with van der Waals surface area (Å²) < 4.78 is 40.8. The van der Waals surface area contributed by atoms with Crippen LogP contribution in [-0.2, 0) is 19.5 Å². The molecule has 166 valence electrons. The summed E-state index contributed by atoms with van der Waals surface area (Å²) in [5.41, 5.74) is 1.88. The van der Waals surface area contributed by atoms with E-state index in [1.165, 1.54) is 17.0 Å². The molecule has 3 heterocycles. The van der Waals surface area contributed by atoms with Crippen LogP contribution in [-0.4, -0.2) is 57.1 Å². The van der Waals surface area contributed by atoms with Crippen LogP contribution in [0.5, 0.6) is 0 Å². The van der Waals surface area contributed by atoms with E-state index in [0.717, 1.165) is 11.0 Å². The molecule has 1 N–H and O–H groups in total. The predicted octanol–water partition coefficient (Wildman–Crippen LogP) is 3.77. The third-order valence-electron chi connectivity index (χ3n) is 5.56. The van der Waals surface area contributed by atoms with E-state index in [1.807, 2.05) is 6.92 Å². The lowest BCUT2D eigenvalue weighted by Crippen LogP contribution is -2.45. The largest absolute Gasteiger partial charge is 0.332 e. The van der Waals surface area contributed by atoms with Crippen molar-refractivity contribution in [3.8, 4) is 0 Å². The van der Waals surface area contributed by atoms with Crippen LogP contribution in [0.4, 0.5) is 23.7 Å². The topological polar surface area (TPSA) is 70.5 Å². The number of hydrogen-bond acceptors (Lipinski definition) is 3. The highest BCUT2D eigenvalue weighted by Gasteiger charge is 2.36. The molecule has 0 saturated carbocycles. The van der Waals surface area contributed by atoms with Gasteiger partial charge in [-0.2, -0.15) is 5.10 Å². The van der Waals surface area contributed by atoms with E-state index >= 15 is 0 Å². The standard InChI is InChI=1S/C20H21ClF3N5O2/c1-11-7-16-13(9-28(11)20(31)25-12-3-4-15(22)14(21)8-12)18-19(30)27(10-17(23)24)5-2-6-29(18)26-16/h3-4,8,11,17H,2,5-7,9-10H2,1H3,(H,25,31)/t11-/m1/s1. The van der Waals surface area contributed by atoms with Gasteiger partial charge in [0.1, 0.15) is 11.5 Å². The number of aromatic nitrogens is 2. The molecule has 0 unspecified atom stereocenters. The van der Waals surface area contributed by atoms with Gasteiger partial charge in [0.05, 0.1) is 23.8 Å². The summed E-state index contributed by atoms with van der Waals surface area (Å²) in [6, 6.07) is 3.22. The minimum absolute atomic E-state index is 0.112. The Labute approximate surface area is 181 Å². The van der Waals surface area contributed by atoms with Gasteiger partial charge >= 0.3 is 6.03 Å². The fourth-order valence-corrected chi connectivity index (χ4v) is 4.22. The molecule has 0 spiro atoms. The third kappa shape index (κ3) is 4.21. The summed E-state index contributed by atoms with van der Waals surface area (Å²) in [6.45, 7) is 2.01. The quantitative estimate of drug-likeness (QED) is 0.766. The molecular weight excluding hydrogens is 435 g/mol. The first-order valence-corrected chi connectivity index (χ1v) is 10.3. The molecule has 1 aromatic carbocycles. The van der Waals surface area contributed by atoms with Crippen LogP contribution in [0.15, 0.2) is 18.2 Å². The average Bonchev–Trinajstić information content (AvgIpc) is 2.97. The maximum Gasteiger partial charge on any atom is 0.322 e. The number of amides is 3. The van der Waals surface area contributed by atoms with Gasteiger partial charge in [0.25, 0.3) is 12.3 Å². The predicted molar refractivity (Wildman–Crippen MR) is 108 cm³/mol. The first kappa shape index (κ1) is 21.5. The van der Waals surface area contributed by atoms with Gasteiger partial charge in [-0.15, -0.1) is 0 Å². The van der Waals surface area contributed by atoms with Gasteiger partial charge in [0.2, 0.25) is 0 Å². The number of fused-ring (bicyclic) bond motifs is 3. The van der Waals surface area contributed by atoms with Crippen molar-refractivity contribution in [2.24, 2.45) is 0 Å². The van der Waals surface area contributed by atoms with Gasteiger partial charge in [0.15, 0.2) is 0 Å². The molecule has 0 radical (unpaired) electrons. The number of anilines is 1. The summed E-state index contributed by atoms with van der Waals surface area (Å²) in [7, 11) is 0. The van der Waals surface area contributed by atoms with Crippen LogP contribution >= 0.6 is 11.6 Å². The molecule has 1 aromatic heterocycles.